The number of aliphatic imine (C=N–C) groups is 1. The van der Waals surface area contributed by atoms with Gasteiger partial charge in [0.15, 0.2) is 5.96 Å². The number of guanidine groups is 1. The summed E-state index contributed by atoms with van der Waals surface area (Å²) < 4.78 is 11.0. The van der Waals surface area contributed by atoms with Gasteiger partial charge in [-0.3, -0.25) is 0 Å². The molecule has 1 aliphatic carbocycles. The molecule has 1 saturated carbocycles. The molecule has 0 radical (unpaired) electrons. The SMILES string of the molecule is CCNC(=NCc1ccc(C)cc1OCCOC)NCC(C1CC1)N(C)C. The lowest BCUT2D eigenvalue weighted by atomic mass is 10.1. The lowest BCUT2D eigenvalue weighted by Crippen LogP contribution is -2.46. The van der Waals surface area contributed by atoms with Gasteiger partial charge in [0.25, 0.3) is 0 Å². The second-order valence-electron chi connectivity index (χ2n) is 7.40. The highest BCUT2D eigenvalue weighted by molar-refractivity contribution is 5.79. The minimum atomic E-state index is 0.543. The molecule has 1 aromatic rings. The Morgan fingerprint density at radius 1 is 1.26 bits per heavy atom. The van der Waals surface area contributed by atoms with Crippen molar-refractivity contribution < 1.29 is 9.47 Å². The molecule has 0 bridgehead atoms. The van der Waals surface area contributed by atoms with E-state index in [1.807, 2.05) is 0 Å². The predicted octanol–water partition coefficient (Wildman–Crippen LogP) is 2.42. The summed E-state index contributed by atoms with van der Waals surface area (Å²) in [7, 11) is 6.00. The van der Waals surface area contributed by atoms with Crippen molar-refractivity contribution in [1.82, 2.24) is 15.5 Å². The van der Waals surface area contributed by atoms with Crippen LogP contribution in [0.5, 0.6) is 5.75 Å². The van der Waals surface area contributed by atoms with Crippen LogP contribution in [0.15, 0.2) is 23.2 Å². The zero-order valence-corrected chi connectivity index (χ0v) is 17.5. The van der Waals surface area contributed by atoms with Crippen LogP contribution < -0.4 is 15.4 Å². The third-order valence-corrected chi connectivity index (χ3v) is 4.83. The molecule has 1 aromatic carbocycles. The van der Waals surface area contributed by atoms with Crippen molar-refractivity contribution in [3.63, 3.8) is 0 Å². The molecular formula is C21H36N4O2. The van der Waals surface area contributed by atoms with Gasteiger partial charge in [-0.25, -0.2) is 4.99 Å². The largest absolute Gasteiger partial charge is 0.491 e. The standard InChI is InChI=1S/C21H36N4O2/c1-6-22-21(24-15-19(25(3)4)17-9-10-17)23-14-18-8-7-16(2)13-20(18)27-12-11-26-5/h7-8,13,17,19H,6,9-12,14-15H2,1-5H3,(H2,22,23,24). The number of hydrogen-bond acceptors (Lipinski definition) is 4. The molecule has 1 unspecified atom stereocenters. The number of likely N-dealkylation sites (N-methyl/N-ethyl adjacent to an activating group) is 1. The second kappa shape index (κ2) is 11.1. The monoisotopic (exact) mass is 376 g/mol. The molecule has 0 aliphatic heterocycles. The summed E-state index contributed by atoms with van der Waals surface area (Å²) in [5.41, 5.74) is 2.26. The number of ether oxygens (including phenoxy) is 2. The molecule has 6 nitrogen and oxygen atoms in total. The van der Waals surface area contributed by atoms with E-state index in [2.05, 4.69) is 61.7 Å². The van der Waals surface area contributed by atoms with Crippen molar-refractivity contribution in [3.8, 4) is 5.75 Å². The fourth-order valence-corrected chi connectivity index (χ4v) is 3.12. The average molecular weight is 377 g/mol. The van der Waals surface area contributed by atoms with Crippen LogP contribution in [0.1, 0.15) is 30.9 Å². The Morgan fingerprint density at radius 3 is 2.67 bits per heavy atom. The van der Waals surface area contributed by atoms with E-state index in [1.165, 1.54) is 18.4 Å². The lowest BCUT2D eigenvalue weighted by molar-refractivity contribution is 0.145. The lowest BCUT2D eigenvalue weighted by Gasteiger charge is -2.25. The summed E-state index contributed by atoms with van der Waals surface area (Å²) in [4.78, 5) is 7.09. The van der Waals surface area contributed by atoms with E-state index in [0.717, 1.165) is 36.3 Å². The third kappa shape index (κ3) is 7.39. The molecule has 0 aromatic heterocycles. The second-order valence-corrected chi connectivity index (χ2v) is 7.40. The van der Waals surface area contributed by atoms with Crippen LogP contribution >= 0.6 is 0 Å². The first-order valence-electron chi connectivity index (χ1n) is 9.95. The van der Waals surface area contributed by atoms with Gasteiger partial charge < -0.3 is 25.0 Å². The zero-order chi connectivity index (χ0) is 19.6. The normalized spacial score (nSPS) is 15.7. The van der Waals surface area contributed by atoms with E-state index in [9.17, 15) is 0 Å². The molecule has 1 aliphatic rings. The smallest absolute Gasteiger partial charge is 0.191 e. The highest BCUT2D eigenvalue weighted by Crippen LogP contribution is 2.34. The first-order valence-corrected chi connectivity index (χ1v) is 9.95. The molecule has 0 amide bonds. The summed E-state index contributed by atoms with van der Waals surface area (Å²) in [6.07, 6.45) is 2.67. The summed E-state index contributed by atoms with van der Waals surface area (Å²) in [6.45, 7) is 7.61. The Kier molecular flexibility index (Phi) is 8.88. The van der Waals surface area contributed by atoms with Gasteiger partial charge in [-0.2, -0.15) is 0 Å². The zero-order valence-electron chi connectivity index (χ0n) is 17.5. The summed E-state index contributed by atoms with van der Waals surface area (Å²) in [5.74, 6) is 2.55. The van der Waals surface area contributed by atoms with Gasteiger partial charge in [0, 0.05) is 31.8 Å². The van der Waals surface area contributed by atoms with E-state index in [-0.39, 0.29) is 0 Å². The van der Waals surface area contributed by atoms with Crippen LogP contribution in [0.3, 0.4) is 0 Å². The van der Waals surface area contributed by atoms with Crippen molar-refractivity contribution in [1.29, 1.82) is 0 Å². The molecule has 1 atom stereocenters. The Balaban J connectivity index is 2.00. The Labute approximate surface area is 164 Å². The predicted molar refractivity (Wildman–Crippen MR) is 112 cm³/mol. The number of benzene rings is 1. The highest BCUT2D eigenvalue weighted by Gasteiger charge is 2.32. The van der Waals surface area contributed by atoms with Gasteiger partial charge in [0.1, 0.15) is 12.4 Å². The molecule has 152 valence electrons. The molecule has 0 spiro atoms. The Bertz CT molecular complexity index is 598. The maximum absolute atomic E-state index is 5.88. The minimum Gasteiger partial charge on any atom is -0.491 e. The fourth-order valence-electron chi connectivity index (χ4n) is 3.12. The molecule has 6 heteroatoms. The van der Waals surface area contributed by atoms with Crippen molar-refractivity contribution in [2.24, 2.45) is 10.9 Å². The van der Waals surface area contributed by atoms with E-state index in [4.69, 9.17) is 14.5 Å². The Morgan fingerprint density at radius 2 is 2.04 bits per heavy atom. The van der Waals surface area contributed by atoms with Crippen LogP contribution in [0.2, 0.25) is 0 Å². The van der Waals surface area contributed by atoms with E-state index < -0.39 is 0 Å². The molecule has 0 heterocycles. The van der Waals surface area contributed by atoms with E-state index in [1.54, 1.807) is 7.11 Å². The van der Waals surface area contributed by atoms with Crippen LogP contribution in [0.4, 0.5) is 0 Å². The number of hydrogen-bond donors (Lipinski definition) is 2. The van der Waals surface area contributed by atoms with Crippen LogP contribution in [-0.4, -0.2) is 64.4 Å². The average Bonchev–Trinajstić information content (AvgIpc) is 3.46. The molecule has 27 heavy (non-hydrogen) atoms. The maximum atomic E-state index is 5.88. The molecule has 0 saturated heterocycles. The fraction of sp³-hybridized carbons (Fsp3) is 0.667. The van der Waals surface area contributed by atoms with Gasteiger partial charge >= 0.3 is 0 Å². The van der Waals surface area contributed by atoms with E-state index in [0.29, 0.717) is 25.8 Å². The Hall–Kier alpha value is -1.79. The molecular weight excluding hydrogens is 340 g/mol. The van der Waals surface area contributed by atoms with Gasteiger partial charge in [-0.15, -0.1) is 0 Å². The van der Waals surface area contributed by atoms with Gasteiger partial charge in [-0.05, 0) is 58.3 Å². The third-order valence-electron chi connectivity index (χ3n) is 4.83. The first kappa shape index (κ1) is 21.5. The van der Waals surface area contributed by atoms with Gasteiger partial charge in [0.05, 0.1) is 13.2 Å². The van der Waals surface area contributed by atoms with Crippen LogP contribution in [-0.2, 0) is 11.3 Å². The van der Waals surface area contributed by atoms with Crippen molar-refractivity contribution in [2.45, 2.75) is 39.3 Å². The molecule has 2 rings (SSSR count). The number of aryl methyl sites for hydroxylation is 1. The molecule has 2 N–H and O–H groups in total. The topological polar surface area (TPSA) is 58.1 Å². The summed E-state index contributed by atoms with van der Waals surface area (Å²) in [6, 6.07) is 6.82. The van der Waals surface area contributed by atoms with E-state index >= 15 is 0 Å². The quantitative estimate of drug-likeness (QED) is 0.353. The van der Waals surface area contributed by atoms with Crippen molar-refractivity contribution in [3.05, 3.63) is 29.3 Å². The first-order chi connectivity index (χ1) is 13.0. The van der Waals surface area contributed by atoms with Gasteiger partial charge in [-0.1, -0.05) is 12.1 Å². The maximum Gasteiger partial charge on any atom is 0.191 e. The van der Waals surface area contributed by atoms with Crippen molar-refractivity contribution in [2.75, 3.05) is 47.5 Å². The van der Waals surface area contributed by atoms with Crippen molar-refractivity contribution >= 4 is 5.96 Å². The minimum absolute atomic E-state index is 0.543. The number of nitrogens with one attached hydrogen (secondary N) is 2. The van der Waals surface area contributed by atoms with Gasteiger partial charge in [0.2, 0.25) is 0 Å². The summed E-state index contributed by atoms with van der Waals surface area (Å²) >= 11 is 0. The number of nitrogens with zero attached hydrogens (tertiary/aromatic N) is 2. The number of methoxy groups -OCH3 is 1. The van der Waals surface area contributed by atoms with Crippen LogP contribution in [0.25, 0.3) is 0 Å². The molecule has 1 fully saturated rings. The van der Waals surface area contributed by atoms with Crippen LogP contribution in [0, 0.1) is 12.8 Å². The summed E-state index contributed by atoms with van der Waals surface area (Å²) in [5, 5.41) is 6.86. The number of rotatable bonds is 11. The highest BCUT2D eigenvalue weighted by atomic mass is 16.5.